The van der Waals surface area contributed by atoms with E-state index < -0.39 is 40.1 Å². The van der Waals surface area contributed by atoms with Gasteiger partial charge in [0.15, 0.2) is 0 Å². The van der Waals surface area contributed by atoms with Gasteiger partial charge in [0.2, 0.25) is 5.54 Å². The summed E-state index contributed by atoms with van der Waals surface area (Å²) in [5.41, 5.74) is -3.87. The number of hydrogen-bond donors (Lipinski definition) is 1. The fourth-order valence-electron chi connectivity index (χ4n) is 2.67. The number of alkyl halides is 8. The van der Waals surface area contributed by atoms with Crippen LogP contribution >= 0.6 is 27.5 Å². The van der Waals surface area contributed by atoms with Crippen LogP contribution in [0.15, 0.2) is 0 Å². The van der Waals surface area contributed by atoms with E-state index in [0.29, 0.717) is 0 Å². The van der Waals surface area contributed by atoms with Gasteiger partial charge in [-0.05, 0) is 6.42 Å². The molecule has 2 fully saturated rings. The molecule has 4 atom stereocenters. The summed E-state index contributed by atoms with van der Waals surface area (Å²) < 4.78 is 76.9. The first-order chi connectivity index (χ1) is 7.52. The van der Waals surface area contributed by atoms with Crippen molar-refractivity contribution in [2.24, 2.45) is 5.92 Å². The number of halogens is 8. The van der Waals surface area contributed by atoms with Crippen LogP contribution in [0.25, 0.3) is 0 Å². The maximum atomic E-state index is 12.8. The Bertz CT molecular complexity index is 315. The third-order valence-electron chi connectivity index (χ3n) is 3.44. The summed E-state index contributed by atoms with van der Waals surface area (Å²) >= 11 is 8.71. The monoisotopic (exact) mass is 345 g/mol. The molecule has 1 saturated carbocycles. The third-order valence-corrected chi connectivity index (χ3v) is 4.96. The van der Waals surface area contributed by atoms with Crippen molar-refractivity contribution in [2.75, 3.05) is 0 Å². The summed E-state index contributed by atoms with van der Waals surface area (Å²) in [6.45, 7) is 0. The normalized spacial score (nSPS) is 40.9. The van der Waals surface area contributed by atoms with Crippen molar-refractivity contribution in [1.82, 2.24) is 5.32 Å². The van der Waals surface area contributed by atoms with E-state index in [0.717, 1.165) is 0 Å². The molecule has 0 aromatic rings. The Kier molecular flexibility index (Phi) is 2.96. The minimum Gasteiger partial charge on any atom is -0.290 e. The second-order valence-corrected chi connectivity index (χ2v) is 5.96. The number of hydrogen-bond acceptors (Lipinski definition) is 1. The molecule has 0 aromatic heterocycles. The molecule has 1 N–H and O–H groups in total. The SMILES string of the molecule is FC(F)(F)C1(C(F)(F)F)N[C@@H]2[C@H](Cl)[C@@H]1C[C@H]2Br. The van der Waals surface area contributed by atoms with Gasteiger partial charge in [-0.25, -0.2) is 0 Å². The van der Waals surface area contributed by atoms with E-state index in [-0.39, 0.29) is 6.42 Å². The molecule has 1 aliphatic carbocycles. The maximum absolute atomic E-state index is 12.8. The van der Waals surface area contributed by atoms with Gasteiger partial charge in [0, 0.05) is 16.8 Å². The van der Waals surface area contributed by atoms with E-state index in [1.54, 1.807) is 5.32 Å². The van der Waals surface area contributed by atoms with Gasteiger partial charge in [-0.3, -0.25) is 5.32 Å². The summed E-state index contributed by atoms with van der Waals surface area (Å²) in [4.78, 5) is -0.465. The minimum atomic E-state index is -5.41. The van der Waals surface area contributed by atoms with Gasteiger partial charge in [0.05, 0.1) is 5.38 Å². The summed E-state index contributed by atoms with van der Waals surface area (Å²) in [6, 6.07) is -1.02. The van der Waals surface area contributed by atoms with Crippen LogP contribution in [0.5, 0.6) is 0 Å². The Morgan fingerprint density at radius 1 is 1.12 bits per heavy atom. The Morgan fingerprint density at radius 3 is 1.82 bits per heavy atom. The Hall–Kier alpha value is 0.310. The zero-order valence-electron chi connectivity index (χ0n) is 8.04. The zero-order chi connectivity index (χ0) is 13.2. The third kappa shape index (κ3) is 1.63. The Balaban J connectivity index is 2.48. The number of fused-ring (bicyclic) bond motifs is 2. The van der Waals surface area contributed by atoms with Crippen molar-refractivity contribution in [3.63, 3.8) is 0 Å². The second-order valence-electron chi connectivity index (χ2n) is 4.28. The predicted molar refractivity (Wildman–Crippen MR) is 52.2 cm³/mol. The van der Waals surface area contributed by atoms with Crippen LogP contribution in [0.3, 0.4) is 0 Å². The van der Waals surface area contributed by atoms with E-state index in [4.69, 9.17) is 11.6 Å². The van der Waals surface area contributed by atoms with Crippen LogP contribution in [0, 0.1) is 5.92 Å². The fraction of sp³-hybridized carbons (Fsp3) is 1.00. The Labute approximate surface area is 106 Å². The predicted octanol–water partition coefficient (Wildman–Crippen LogP) is 3.21. The van der Waals surface area contributed by atoms with E-state index in [9.17, 15) is 26.3 Å². The smallest absolute Gasteiger partial charge is 0.290 e. The van der Waals surface area contributed by atoms with Gasteiger partial charge in [-0.15, -0.1) is 11.6 Å². The molecule has 0 radical (unpaired) electrons. The van der Waals surface area contributed by atoms with Crippen molar-refractivity contribution in [3.05, 3.63) is 0 Å². The lowest BCUT2D eigenvalue weighted by atomic mass is 9.82. The van der Waals surface area contributed by atoms with Gasteiger partial charge >= 0.3 is 12.4 Å². The largest absolute Gasteiger partial charge is 0.415 e. The van der Waals surface area contributed by atoms with E-state index in [1.165, 1.54) is 0 Å². The van der Waals surface area contributed by atoms with Gasteiger partial charge in [-0.2, -0.15) is 26.3 Å². The first-order valence-corrected chi connectivity index (χ1v) is 6.07. The average molecular weight is 346 g/mol. The number of rotatable bonds is 0. The highest BCUT2D eigenvalue weighted by Crippen LogP contribution is 2.59. The second kappa shape index (κ2) is 3.66. The van der Waals surface area contributed by atoms with Crippen LogP contribution < -0.4 is 5.32 Å². The molecule has 1 nitrogen and oxygen atoms in total. The molecule has 1 saturated heterocycles. The van der Waals surface area contributed by atoms with Crippen molar-refractivity contribution in [3.8, 4) is 0 Å². The average Bonchev–Trinajstić information content (AvgIpc) is 2.53. The van der Waals surface area contributed by atoms with Crippen LogP contribution in [-0.2, 0) is 0 Å². The van der Waals surface area contributed by atoms with Gasteiger partial charge in [0.25, 0.3) is 0 Å². The molecule has 0 aromatic carbocycles. The van der Waals surface area contributed by atoms with Crippen molar-refractivity contribution in [2.45, 2.75) is 40.6 Å². The zero-order valence-corrected chi connectivity index (χ0v) is 10.4. The molecule has 2 bridgehead atoms. The molecule has 2 rings (SSSR count). The van der Waals surface area contributed by atoms with Gasteiger partial charge in [0.1, 0.15) is 0 Å². The highest BCUT2D eigenvalue weighted by molar-refractivity contribution is 9.09. The standard InChI is InChI=1S/C8H7BrClF6N/c9-3-1-2-4(10)5(3)17-6(2,7(11,12)13)8(14,15)16/h2-5,17H,1H2/t2-,3+,4+,5-/m0/s1. The topological polar surface area (TPSA) is 12.0 Å². The highest BCUT2D eigenvalue weighted by Gasteiger charge is 2.81. The molecule has 0 unspecified atom stereocenters. The van der Waals surface area contributed by atoms with Gasteiger partial charge < -0.3 is 0 Å². The first-order valence-electron chi connectivity index (χ1n) is 4.71. The van der Waals surface area contributed by atoms with Crippen LogP contribution in [-0.4, -0.2) is 34.1 Å². The quantitative estimate of drug-likeness (QED) is 0.525. The minimum absolute atomic E-state index is 0.245. The summed E-state index contributed by atoms with van der Waals surface area (Å²) in [6.07, 6.45) is -11.1. The van der Waals surface area contributed by atoms with Gasteiger partial charge in [-0.1, -0.05) is 15.9 Å². The maximum Gasteiger partial charge on any atom is 0.415 e. The van der Waals surface area contributed by atoms with Crippen LogP contribution in [0.2, 0.25) is 0 Å². The molecular formula is C8H7BrClF6N. The summed E-state index contributed by atoms with van der Waals surface area (Å²) in [5, 5.41) is 0.476. The molecule has 100 valence electrons. The van der Waals surface area contributed by atoms with E-state index in [1.807, 2.05) is 0 Å². The Morgan fingerprint density at radius 2 is 1.59 bits per heavy atom. The lowest BCUT2D eigenvalue weighted by molar-refractivity contribution is -0.318. The molecule has 0 amide bonds. The lowest BCUT2D eigenvalue weighted by Gasteiger charge is -2.41. The number of piperidine rings is 1. The molecule has 1 aliphatic heterocycles. The summed E-state index contributed by atoms with van der Waals surface area (Å²) in [7, 11) is 0. The molecule has 9 heteroatoms. The molecule has 17 heavy (non-hydrogen) atoms. The molecular weight excluding hydrogens is 339 g/mol. The van der Waals surface area contributed by atoms with E-state index >= 15 is 0 Å². The molecule has 2 aliphatic rings. The molecule has 0 spiro atoms. The fourth-order valence-corrected chi connectivity index (χ4v) is 4.24. The van der Waals surface area contributed by atoms with Crippen molar-refractivity contribution in [1.29, 1.82) is 0 Å². The number of nitrogens with one attached hydrogen (secondary N) is 1. The molecule has 1 heterocycles. The first kappa shape index (κ1) is 13.7. The lowest BCUT2D eigenvalue weighted by Crippen LogP contribution is -2.70. The van der Waals surface area contributed by atoms with E-state index in [2.05, 4.69) is 15.9 Å². The van der Waals surface area contributed by atoms with Crippen LogP contribution in [0.1, 0.15) is 6.42 Å². The van der Waals surface area contributed by atoms with Crippen LogP contribution in [0.4, 0.5) is 26.3 Å². The van der Waals surface area contributed by atoms with Crippen molar-refractivity contribution >= 4 is 27.5 Å². The summed E-state index contributed by atoms with van der Waals surface area (Å²) in [5.74, 6) is -1.70. The highest BCUT2D eigenvalue weighted by atomic mass is 79.9. The van der Waals surface area contributed by atoms with Crippen molar-refractivity contribution < 1.29 is 26.3 Å².